The molecule has 32 heavy (non-hydrogen) atoms. The summed E-state index contributed by atoms with van der Waals surface area (Å²) in [5.74, 6) is 2.45. The van der Waals surface area contributed by atoms with E-state index < -0.39 is 6.10 Å². The van der Waals surface area contributed by atoms with Crippen LogP contribution in [0.25, 0.3) is 17.0 Å². The number of aliphatic hydroxyl groups excluding tert-OH is 1. The Balaban J connectivity index is 1.62. The van der Waals surface area contributed by atoms with E-state index in [9.17, 15) is 5.11 Å². The first-order chi connectivity index (χ1) is 15.6. The lowest BCUT2D eigenvalue weighted by Gasteiger charge is -2.32. The van der Waals surface area contributed by atoms with Crippen molar-refractivity contribution in [3.8, 4) is 17.1 Å². The Kier molecular flexibility index (Phi) is 7.76. The van der Waals surface area contributed by atoms with E-state index >= 15 is 0 Å². The highest BCUT2D eigenvalue weighted by atomic mass is 16.5. The monoisotopic (exact) mass is 436 g/mol. The molecule has 1 fully saturated rings. The zero-order valence-electron chi connectivity index (χ0n) is 19.4. The molecule has 2 N–H and O–H groups in total. The van der Waals surface area contributed by atoms with Gasteiger partial charge in [0.05, 0.1) is 5.69 Å². The van der Waals surface area contributed by atoms with Gasteiger partial charge in [0.1, 0.15) is 24.3 Å². The highest BCUT2D eigenvalue weighted by molar-refractivity contribution is 5.70. The summed E-state index contributed by atoms with van der Waals surface area (Å²) < 4.78 is 5.82. The van der Waals surface area contributed by atoms with E-state index in [1.165, 1.54) is 44.1 Å². The Morgan fingerprint density at radius 1 is 1.16 bits per heavy atom. The molecule has 0 amide bonds. The van der Waals surface area contributed by atoms with Crippen molar-refractivity contribution in [1.29, 1.82) is 0 Å². The zero-order valence-corrected chi connectivity index (χ0v) is 19.4. The van der Waals surface area contributed by atoms with Crippen LogP contribution < -0.4 is 15.0 Å². The number of likely N-dealkylation sites (N-methyl/N-ethyl adjacent to an activating group) is 1. The van der Waals surface area contributed by atoms with Crippen molar-refractivity contribution in [2.75, 3.05) is 32.1 Å². The van der Waals surface area contributed by atoms with Crippen molar-refractivity contribution in [3.63, 3.8) is 0 Å². The molecule has 0 spiro atoms. The number of nitrogens with one attached hydrogen (secondary N) is 1. The van der Waals surface area contributed by atoms with Gasteiger partial charge in [-0.25, -0.2) is 9.97 Å². The highest BCUT2D eigenvalue weighted by Crippen LogP contribution is 2.32. The van der Waals surface area contributed by atoms with Gasteiger partial charge in [0, 0.05) is 31.3 Å². The number of hydrogen-bond donors (Lipinski definition) is 2. The fourth-order valence-corrected chi connectivity index (χ4v) is 4.68. The van der Waals surface area contributed by atoms with Gasteiger partial charge >= 0.3 is 0 Å². The summed E-state index contributed by atoms with van der Waals surface area (Å²) in [6, 6.07) is 10.6. The van der Waals surface area contributed by atoms with Gasteiger partial charge in [-0.1, -0.05) is 37.5 Å². The SMILES string of the molecule is CNCC(O)COc1cccc(-c2nc(C3=CCCC3)cc(N(C)C3CCCCC3)n2)c1. The Morgan fingerprint density at radius 3 is 2.75 bits per heavy atom. The summed E-state index contributed by atoms with van der Waals surface area (Å²) in [6.07, 6.45) is 11.6. The third kappa shape index (κ3) is 5.67. The summed E-state index contributed by atoms with van der Waals surface area (Å²) in [5.41, 5.74) is 3.31. The highest BCUT2D eigenvalue weighted by Gasteiger charge is 2.22. The second-order valence-corrected chi connectivity index (χ2v) is 9.01. The Hall–Kier alpha value is -2.44. The van der Waals surface area contributed by atoms with Gasteiger partial charge in [-0.15, -0.1) is 0 Å². The molecule has 2 aliphatic rings. The lowest BCUT2D eigenvalue weighted by Crippen LogP contribution is -2.34. The van der Waals surface area contributed by atoms with Gasteiger partial charge in [0.2, 0.25) is 0 Å². The van der Waals surface area contributed by atoms with Gasteiger partial charge in [0.25, 0.3) is 0 Å². The lowest BCUT2D eigenvalue weighted by atomic mass is 9.94. The van der Waals surface area contributed by atoms with Crippen molar-refractivity contribution in [3.05, 3.63) is 42.1 Å². The smallest absolute Gasteiger partial charge is 0.162 e. The Bertz CT molecular complexity index is 924. The molecule has 6 heteroatoms. The van der Waals surface area contributed by atoms with Crippen LogP contribution in [0, 0.1) is 0 Å². The van der Waals surface area contributed by atoms with Gasteiger partial charge in [-0.05, 0) is 56.9 Å². The molecule has 1 atom stereocenters. The molecule has 6 nitrogen and oxygen atoms in total. The quantitative estimate of drug-likeness (QED) is 0.606. The molecular weight excluding hydrogens is 400 g/mol. The Morgan fingerprint density at radius 2 is 2.00 bits per heavy atom. The summed E-state index contributed by atoms with van der Waals surface area (Å²) in [6.45, 7) is 0.741. The number of rotatable bonds is 9. The Labute approximate surface area is 191 Å². The van der Waals surface area contributed by atoms with Crippen molar-refractivity contribution < 1.29 is 9.84 Å². The van der Waals surface area contributed by atoms with Gasteiger partial charge in [-0.3, -0.25) is 0 Å². The summed E-state index contributed by atoms with van der Waals surface area (Å²) in [5, 5.41) is 12.9. The molecule has 2 aliphatic carbocycles. The number of anilines is 1. The van der Waals surface area contributed by atoms with Crippen molar-refractivity contribution in [2.45, 2.75) is 63.5 Å². The van der Waals surface area contributed by atoms with Gasteiger partial charge in [0.15, 0.2) is 5.82 Å². The average Bonchev–Trinajstić information content (AvgIpc) is 3.38. The van der Waals surface area contributed by atoms with E-state index in [4.69, 9.17) is 14.7 Å². The van der Waals surface area contributed by atoms with E-state index in [1.807, 2.05) is 31.3 Å². The number of nitrogens with zero attached hydrogens (tertiary/aromatic N) is 3. The molecular formula is C26H36N4O2. The molecule has 0 saturated heterocycles. The predicted octanol–water partition coefficient (Wildman–Crippen LogP) is 4.44. The third-order valence-corrected chi connectivity index (χ3v) is 6.54. The lowest BCUT2D eigenvalue weighted by molar-refractivity contribution is 0.108. The molecule has 4 rings (SSSR count). The molecule has 0 aliphatic heterocycles. The fourth-order valence-electron chi connectivity index (χ4n) is 4.68. The normalized spacial score (nSPS) is 17.8. The maximum absolute atomic E-state index is 9.95. The summed E-state index contributed by atoms with van der Waals surface area (Å²) in [4.78, 5) is 12.3. The van der Waals surface area contributed by atoms with E-state index in [0.717, 1.165) is 35.7 Å². The van der Waals surface area contributed by atoms with Crippen LogP contribution in [0.4, 0.5) is 5.82 Å². The fraction of sp³-hybridized carbons (Fsp3) is 0.538. The van der Waals surface area contributed by atoms with Crippen molar-refractivity contribution >= 4 is 11.4 Å². The minimum atomic E-state index is -0.548. The van der Waals surface area contributed by atoms with Crippen LogP contribution >= 0.6 is 0 Å². The molecule has 1 unspecified atom stereocenters. The van der Waals surface area contributed by atoms with E-state index in [-0.39, 0.29) is 6.61 Å². The number of benzene rings is 1. The van der Waals surface area contributed by atoms with Crippen LogP contribution in [0.1, 0.15) is 57.1 Å². The molecule has 1 heterocycles. The number of allylic oxidation sites excluding steroid dienone is 2. The van der Waals surface area contributed by atoms with Crippen molar-refractivity contribution in [2.24, 2.45) is 0 Å². The van der Waals surface area contributed by atoms with Gasteiger partial charge < -0.3 is 20.1 Å². The number of aromatic nitrogens is 2. The number of ether oxygens (including phenoxy) is 1. The molecule has 2 aromatic rings. The summed E-state index contributed by atoms with van der Waals surface area (Å²) in [7, 11) is 3.99. The zero-order chi connectivity index (χ0) is 22.3. The van der Waals surface area contributed by atoms with E-state index in [0.29, 0.717) is 18.3 Å². The van der Waals surface area contributed by atoms with E-state index in [2.05, 4.69) is 29.4 Å². The third-order valence-electron chi connectivity index (χ3n) is 6.54. The maximum atomic E-state index is 9.95. The van der Waals surface area contributed by atoms with E-state index in [1.54, 1.807) is 0 Å². The first-order valence-corrected chi connectivity index (χ1v) is 12.0. The standard InChI is InChI=1S/C26H36N4O2/c1-27-17-22(31)18-32-23-14-8-11-20(15-23)26-28-24(19-9-6-7-10-19)16-25(29-26)30(2)21-12-4-3-5-13-21/h8-9,11,14-16,21-22,27,31H,3-7,10,12-13,17-18H2,1-2H3. The second-order valence-electron chi connectivity index (χ2n) is 9.01. The van der Waals surface area contributed by atoms with Crippen LogP contribution in [0.2, 0.25) is 0 Å². The topological polar surface area (TPSA) is 70.5 Å². The minimum absolute atomic E-state index is 0.244. The largest absolute Gasteiger partial charge is 0.491 e. The molecule has 1 aromatic heterocycles. The molecule has 0 radical (unpaired) electrons. The average molecular weight is 437 g/mol. The van der Waals surface area contributed by atoms with Crippen LogP contribution in [-0.2, 0) is 0 Å². The minimum Gasteiger partial charge on any atom is -0.491 e. The van der Waals surface area contributed by atoms with Crippen LogP contribution in [0.15, 0.2) is 36.4 Å². The van der Waals surface area contributed by atoms with Crippen LogP contribution in [-0.4, -0.2) is 54.5 Å². The van der Waals surface area contributed by atoms with Crippen molar-refractivity contribution in [1.82, 2.24) is 15.3 Å². The first-order valence-electron chi connectivity index (χ1n) is 12.0. The second kappa shape index (κ2) is 10.9. The number of aliphatic hydroxyl groups is 1. The summed E-state index contributed by atoms with van der Waals surface area (Å²) >= 11 is 0. The number of hydrogen-bond acceptors (Lipinski definition) is 6. The maximum Gasteiger partial charge on any atom is 0.162 e. The van der Waals surface area contributed by atoms with Crippen LogP contribution in [0.5, 0.6) is 5.75 Å². The predicted molar refractivity (Wildman–Crippen MR) is 130 cm³/mol. The molecule has 1 saturated carbocycles. The first kappa shape index (κ1) is 22.7. The molecule has 0 bridgehead atoms. The molecule has 1 aromatic carbocycles. The van der Waals surface area contributed by atoms with Gasteiger partial charge in [-0.2, -0.15) is 0 Å². The molecule has 172 valence electrons. The van der Waals surface area contributed by atoms with Crippen LogP contribution in [0.3, 0.4) is 0 Å².